The number of aromatic nitrogens is 2. The van der Waals surface area contributed by atoms with Crippen molar-refractivity contribution in [2.24, 2.45) is 0 Å². The van der Waals surface area contributed by atoms with E-state index in [9.17, 15) is 4.79 Å². The van der Waals surface area contributed by atoms with Crippen LogP contribution in [-0.4, -0.2) is 30.5 Å². The summed E-state index contributed by atoms with van der Waals surface area (Å²) < 4.78 is 8.46. The summed E-state index contributed by atoms with van der Waals surface area (Å²) >= 11 is 3.38. The Kier molecular flexibility index (Phi) is 4.77. The number of carbonyl (C=O) groups excluding carboxylic acids is 1. The first kappa shape index (κ1) is 15.4. The van der Waals surface area contributed by atoms with Gasteiger partial charge in [-0.05, 0) is 18.2 Å². The molecule has 108 valence electrons. The number of ether oxygens (including phenoxy) is 1. The first-order valence-electron chi connectivity index (χ1n) is 6.58. The number of nitrogens with zero attached hydrogens (tertiary/aromatic N) is 2. The van der Waals surface area contributed by atoms with Gasteiger partial charge in [-0.2, -0.15) is 0 Å². The van der Waals surface area contributed by atoms with Crippen molar-refractivity contribution >= 4 is 41.3 Å². The Morgan fingerprint density at radius 1 is 1.40 bits per heavy atom. The molecule has 0 radical (unpaired) electrons. The molecular formula is C14H19BrN2O2Si. The van der Waals surface area contributed by atoms with Crippen molar-refractivity contribution in [2.75, 3.05) is 6.61 Å². The molecule has 0 aliphatic rings. The van der Waals surface area contributed by atoms with E-state index < -0.39 is 8.07 Å². The third-order valence-electron chi connectivity index (χ3n) is 3.06. The summed E-state index contributed by atoms with van der Waals surface area (Å²) in [5.74, 6) is 0. The van der Waals surface area contributed by atoms with Crippen LogP contribution in [-0.2, 0) is 11.5 Å². The van der Waals surface area contributed by atoms with Crippen LogP contribution < -0.4 is 0 Å². The predicted octanol–water partition coefficient (Wildman–Crippen LogP) is 3.92. The van der Waals surface area contributed by atoms with E-state index in [4.69, 9.17) is 4.74 Å². The van der Waals surface area contributed by atoms with Gasteiger partial charge in [-0.15, -0.1) is 0 Å². The minimum atomic E-state index is -1.07. The highest BCUT2D eigenvalue weighted by Gasteiger charge is 2.13. The van der Waals surface area contributed by atoms with Crippen molar-refractivity contribution < 1.29 is 9.53 Å². The summed E-state index contributed by atoms with van der Waals surface area (Å²) in [6, 6.07) is 4.84. The Morgan fingerprint density at radius 2 is 2.15 bits per heavy atom. The lowest BCUT2D eigenvalue weighted by atomic mass is 10.2. The molecule has 0 fully saturated rings. The normalized spacial score (nSPS) is 12.0. The maximum Gasteiger partial charge on any atom is 0.152 e. The number of benzene rings is 1. The quantitative estimate of drug-likeness (QED) is 0.448. The number of rotatable bonds is 6. The molecule has 6 heteroatoms. The lowest BCUT2D eigenvalue weighted by molar-refractivity contribution is 0.0897. The van der Waals surface area contributed by atoms with E-state index in [0.717, 1.165) is 34.4 Å². The summed E-state index contributed by atoms with van der Waals surface area (Å²) in [5, 5.41) is 0. The molecule has 4 nitrogen and oxygen atoms in total. The SMILES string of the molecule is C[Si](C)(C)CCOCn1cnc2cc(Br)cc(C=O)c21. The predicted molar refractivity (Wildman–Crippen MR) is 86.9 cm³/mol. The van der Waals surface area contributed by atoms with Crippen LogP contribution in [0, 0.1) is 0 Å². The second-order valence-corrected chi connectivity index (χ2v) is 12.6. The van der Waals surface area contributed by atoms with Crippen molar-refractivity contribution in [3.8, 4) is 0 Å². The van der Waals surface area contributed by atoms with Gasteiger partial charge >= 0.3 is 0 Å². The van der Waals surface area contributed by atoms with Crippen molar-refractivity contribution in [1.82, 2.24) is 9.55 Å². The lowest BCUT2D eigenvalue weighted by Gasteiger charge is -2.15. The van der Waals surface area contributed by atoms with Gasteiger partial charge in [-0.25, -0.2) is 4.98 Å². The highest BCUT2D eigenvalue weighted by Crippen LogP contribution is 2.22. The molecule has 0 saturated heterocycles. The summed E-state index contributed by atoms with van der Waals surface area (Å²) in [4.78, 5) is 15.5. The summed E-state index contributed by atoms with van der Waals surface area (Å²) in [7, 11) is -1.07. The summed E-state index contributed by atoms with van der Waals surface area (Å²) in [5.41, 5.74) is 2.26. The third-order valence-corrected chi connectivity index (χ3v) is 5.22. The van der Waals surface area contributed by atoms with Crippen molar-refractivity contribution in [2.45, 2.75) is 32.4 Å². The molecule has 0 atom stereocenters. The van der Waals surface area contributed by atoms with Crippen LogP contribution in [0.15, 0.2) is 22.9 Å². The van der Waals surface area contributed by atoms with E-state index in [1.54, 1.807) is 12.4 Å². The molecule has 0 spiro atoms. The van der Waals surface area contributed by atoms with Gasteiger partial charge in [0.2, 0.25) is 0 Å². The highest BCUT2D eigenvalue weighted by atomic mass is 79.9. The lowest BCUT2D eigenvalue weighted by Crippen LogP contribution is -2.22. The van der Waals surface area contributed by atoms with E-state index in [0.29, 0.717) is 12.3 Å². The topological polar surface area (TPSA) is 44.1 Å². The van der Waals surface area contributed by atoms with Crippen molar-refractivity contribution in [3.05, 3.63) is 28.5 Å². The van der Waals surface area contributed by atoms with Gasteiger partial charge in [0.05, 0.1) is 17.4 Å². The molecule has 0 unspecified atom stereocenters. The zero-order valence-electron chi connectivity index (χ0n) is 12.0. The molecule has 2 rings (SSSR count). The number of hydrogen-bond acceptors (Lipinski definition) is 3. The zero-order valence-corrected chi connectivity index (χ0v) is 14.6. The molecule has 0 bridgehead atoms. The Morgan fingerprint density at radius 3 is 2.80 bits per heavy atom. The van der Waals surface area contributed by atoms with Gasteiger partial charge in [0.1, 0.15) is 6.73 Å². The van der Waals surface area contributed by atoms with E-state index in [1.807, 2.05) is 10.6 Å². The fourth-order valence-electron chi connectivity index (χ4n) is 1.94. The van der Waals surface area contributed by atoms with Crippen LogP contribution in [0.3, 0.4) is 0 Å². The van der Waals surface area contributed by atoms with Gasteiger partial charge in [0.15, 0.2) is 6.29 Å². The molecular weight excluding hydrogens is 336 g/mol. The molecule has 0 aliphatic heterocycles. The van der Waals surface area contributed by atoms with Crippen LogP contribution in [0.2, 0.25) is 25.7 Å². The molecule has 20 heavy (non-hydrogen) atoms. The van der Waals surface area contributed by atoms with Gasteiger partial charge in [0.25, 0.3) is 0 Å². The Bertz CT molecular complexity index is 619. The Balaban J connectivity index is 2.13. The van der Waals surface area contributed by atoms with Gasteiger partial charge < -0.3 is 9.30 Å². The van der Waals surface area contributed by atoms with Gasteiger partial charge in [0, 0.05) is 24.7 Å². The van der Waals surface area contributed by atoms with Crippen LogP contribution in [0.4, 0.5) is 0 Å². The number of halogens is 1. The van der Waals surface area contributed by atoms with Crippen molar-refractivity contribution in [3.63, 3.8) is 0 Å². The number of imidazole rings is 1. The average molecular weight is 355 g/mol. The fourth-order valence-corrected chi connectivity index (χ4v) is 3.16. The molecule has 2 aromatic rings. The average Bonchev–Trinajstić information content (AvgIpc) is 2.75. The van der Waals surface area contributed by atoms with Crippen LogP contribution in [0.5, 0.6) is 0 Å². The first-order valence-corrected chi connectivity index (χ1v) is 11.1. The Labute approximate surface area is 128 Å². The first-order chi connectivity index (χ1) is 9.40. The smallest absolute Gasteiger partial charge is 0.152 e. The number of hydrogen-bond donors (Lipinski definition) is 0. The van der Waals surface area contributed by atoms with E-state index in [2.05, 4.69) is 40.6 Å². The minimum Gasteiger partial charge on any atom is -0.361 e. The summed E-state index contributed by atoms with van der Waals surface area (Å²) in [6.07, 6.45) is 2.58. The van der Waals surface area contributed by atoms with E-state index in [-0.39, 0.29) is 0 Å². The fraction of sp³-hybridized carbons (Fsp3) is 0.429. The zero-order chi connectivity index (χ0) is 14.8. The minimum absolute atomic E-state index is 0.434. The molecule has 0 amide bonds. The molecule has 1 aromatic carbocycles. The molecule has 0 N–H and O–H groups in total. The second kappa shape index (κ2) is 6.20. The largest absolute Gasteiger partial charge is 0.361 e. The van der Waals surface area contributed by atoms with Crippen LogP contribution >= 0.6 is 15.9 Å². The van der Waals surface area contributed by atoms with Crippen molar-refractivity contribution in [1.29, 1.82) is 0 Å². The highest BCUT2D eigenvalue weighted by molar-refractivity contribution is 9.10. The standard InChI is InChI=1S/C14H19BrN2O2Si/c1-20(2,3)5-4-19-10-17-9-16-13-7-12(15)6-11(8-18)14(13)17/h6-9H,4-5,10H2,1-3H3. The third kappa shape index (κ3) is 3.77. The van der Waals surface area contributed by atoms with E-state index >= 15 is 0 Å². The van der Waals surface area contributed by atoms with Crippen LogP contribution in [0.25, 0.3) is 11.0 Å². The molecule has 1 heterocycles. The molecule has 1 aromatic heterocycles. The van der Waals surface area contributed by atoms with Crippen LogP contribution in [0.1, 0.15) is 10.4 Å². The molecule has 0 saturated carbocycles. The second-order valence-electron chi connectivity index (χ2n) is 6.04. The van der Waals surface area contributed by atoms with Gasteiger partial charge in [-0.3, -0.25) is 4.79 Å². The maximum atomic E-state index is 11.2. The van der Waals surface area contributed by atoms with Gasteiger partial charge in [-0.1, -0.05) is 35.6 Å². The summed E-state index contributed by atoms with van der Waals surface area (Å²) in [6.45, 7) is 8.16. The number of carbonyl (C=O) groups is 1. The number of fused-ring (bicyclic) bond motifs is 1. The number of aldehydes is 1. The monoisotopic (exact) mass is 354 g/mol. The maximum absolute atomic E-state index is 11.2. The Hall–Kier alpha value is -0.983. The van der Waals surface area contributed by atoms with E-state index in [1.165, 1.54) is 0 Å². The molecule has 0 aliphatic carbocycles.